The zero-order valence-electron chi connectivity index (χ0n) is 15.0. The van der Waals surface area contributed by atoms with Gasteiger partial charge in [-0.25, -0.2) is 17.2 Å². The van der Waals surface area contributed by atoms with Gasteiger partial charge in [-0.1, -0.05) is 29.3 Å². The van der Waals surface area contributed by atoms with Crippen molar-refractivity contribution in [1.82, 2.24) is 0 Å². The highest BCUT2D eigenvalue weighted by molar-refractivity contribution is 7.92. The minimum atomic E-state index is -3.83. The number of rotatable bonds is 5. The van der Waals surface area contributed by atoms with E-state index in [1.165, 1.54) is 30.3 Å². The summed E-state index contributed by atoms with van der Waals surface area (Å²) in [6.45, 7) is 1.84. The van der Waals surface area contributed by atoms with Crippen LogP contribution in [0.1, 0.15) is 15.9 Å². The molecule has 3 rings (SSSR count). The molecule has 0 saturated heterocycles. The molecule has 0 bridgehead atoms. The van der Waals surface area contributed by atoms with Gasteiger partial charge >= 0.3 is 0 Å². The Hall–Kier alpha value is -2.97. The lowest BCUT2D eigenvalue weighted by Crippen LogP contribution is -2.15. The number of hydrogen-bond acceptors (Lipinski definition) is 3. The Morgan fingerprint density at radius 1 is 0.966 bits per heavy atom. The second-order valence-corrected chi connectivity index (χ2v) is 8.28. The van der Waals surface area contributed by atoms with E-state index in [2.05, 4.69) is 10.0 Å². The third kappa shape index (κ3) is 4.90. The largest absolute Gasteiger partial charge is 0.319 e. The third-order valence-electron chi connectivity index (χ3n) is 3.98. The van der Waals surface area contributed by atoms with Gasteiger partial charge in [0.2, 0.25) is 0 Å². The van der Waals surface area contributed by atoms with Crippen molar-refractivity contribution < 1.29 is 22.0 Å². The molecule has 0 aliphatic heterocycles. The number of benzene rings is 3. The minimum Gasteiger partial charge on any atom is -0.319 e. The molecule has 3 aromatic rings. The summed E-state index contributed by atoms with van der Waals surface area (Å²) in [6, 6.07) is 12.9. The van der Waals surface area contributed by atoms with Crippen molar-refractivity contribution in [1.29, 1.82) is 0 Å². The van der Waals surface area contributed by atoms with Crippen LogP contribution in [0.15, 0.2) is 65.6 Å². The summed E-state index contributed by atoms with van der Waals surface area (Å²) in [5, 5.41) is 2.24. The number of nitrogens with one attached hydrogen (secondary N) is 2. The van der Waals surface area contributed by atoms with Crippen LogP contribution in [0.3, 0.4) is 0 Å². The van der Waals surface area contributed by atoms with Gasteiger partial charge in [0.15, 0.2) is 0 Å². The lowest BCUT2D eigenvalue weighted by Gasteiger charge is -2.11. The number of sulfonamides is 1. The molecule has 0 atom stereocenters. The molecule has 29 heavy (non-hydrogen) atoms. The van der Waals surface area contributed by atoms with Crippen molar-refractivity contribution >= 4 is 38.9 Å². The van der Waals surface area contributed by atoms with Crippen LogP contribution in [0.5, 0.6) is 0 Å². The first-order chi connectivity index (χ1) is 13.7. The number of aryl methyl sites for hydroxylation is 1. The summed E-state index contributed by atoms with van der Waals surface area (Å²) in [5.41, 5.74) is 0.852. The van der Waals surface area contributed by atoms with Crippen molar-refractivity contribution in [2.45, 2.75) is 11.8 Å². The number of hydrogen-bond donors (Lipinski definition) is 2. The van der Waals surface area contributed by atoms with Gasteiger partial charge in [0.1, 0.15) is 11.6 Å². The van der Waals surface area contributed by atoms with E-state index in [1.807, 2.05) is 6.92 Å². The number of amides is 1. The van der Waals surface area contributed by atoms with E-state index in [9.17, 15) is 22.0 Å². The van der Waals surface area contributed by atoms with E-state index >= 15 is 0 Å². The summed E-state index contributed by atoms with van der Waals surface area (Å²) in [4.78, 5) is 12.4. The average Bonchev–Trinajstić information content (AvgIpc) is 2.64. The molecular formula is C20H15ClF2N2O3S. The van der Waals surface area contributed by atoms with E-state index in [-0.39, 0.29) is 26.9 Å². The number of carbonyl (C=O) groups is 1. The number of halogens is 3. The van der Waals surface area contributed by atoms with Crippen molar-refractivity contribution in [3.8, 4) is 0 Å². The highest BCUT2D eigenvalue weighted by Crippen LogP contribution is 2.25. The standard InChI is InChI=1S/C20H15ClF2N2O3S/c1-12-2-6-15(7-3-12)29(27,28)25-14-5-8-16(17(21)11-14)20(26)24-19-9-4-13(22)10-18(19)23/h2-11,25H,1H3,(H,24,26). The van der Waals surface area contributed by atoms with Gasteiger partial charge in [0.25, 0.3) is 15.9 Å². The fraction of sp³-hybridized carbons (Fsp3) is 0.0500. The van der Waals surface area contributed by atoms with Crippen LogP contribution < -0.4 is 10.0 Å². The van der Waals surface area contributed by atoms with Crippen LogP contribution in [0, 0.1) is 18.6 Å². The van der Waals surface area contributed by atoms with Gasteiger partial charge in [-0.3, -0.25) is 9.52 Å². The molecule has 0 unspecified atom stereocenters. The fourth-order valence-electron chi connectivity index (χ4n) is 2.47. The van der Waals surface area contributed by atoms with E-state index in [1.54, 1.807) is 12.1 Å². The van der Waals surface area contributed by atoms with E-state index in [4.69, 9.17) is 11.6 Å². The smallest absolute Gasteiger partial charge is 0.261 e. The van der Waals surface area contributed by atoms with Crippen molar-refractivity contribution in [2.75, 3.05) is 10.0 Å². The second-order valence-electron chi connectivity index (χ2n) is 6.19. The first-order valence-electron chi connectivity index (χ1n) is 8.31. The Kier molecular flexibility index (Phi) is 5.86. The van der Waals surface area contributed by atoms with E-state index in [0.717, 1.165) is 17.7 Å². The molecule has 1 amide bonds. The van der Waals surface area contributed by atoms with Gasteiger partial charge in [0, 0.05) is 6.07 Å². The Morgan fingerprint density at radius 3 is 2.28 bits per heavy atom. The third-order valence-corrected chi connectivity index (χ3v) is 5.69. The maximum Gasteiger partial charge on any atom is 0.261 e. The van der Waals surface area contributed by atoms with Crippen LogP contribution in [-0.4, -0.2) is 14.3 Å². The topological polar surface area (TPSA) is 75.3 Å². The predicted octanol–water partition coefficient (Wildman–Crippen LogP) is 4.98. The predicted molar refractivity (Wildman–Crippen MR) is 108 cm³/mol. The quantitative estimate of drug-likeness (QED) is 0.592. The van der Waals surface area contributed by atoms with Gasteiger partial charge in [-0.15, -0.1) is 0 Å². The van der Waals surface area contributed by atoms with E-state index in [0.29, 0.717) is 6.07 Å². The maximum absolute atomic E-state index is 13.7. The molecule has 3 aromatic carbocycles. The molecule has 9 heteroatoms. The lowest BCUT2D eigenvalue weighted by molar-refractivity contribution is 0.102. The molecule has 5 nitrogen and oxygen atoms in total. The van der Waals surface area contributed by atoms with Gasteiger partial charge < -0.3 is 5.32 Å². The first kappa shape index (κ1) is 20.8. The minimum absolute atomic E-state index is 0.00586. The molecule has 2 N–H and O–H groups in total. The molecule has 0 aliphatic carbocycles. The molecular weight excluding hydrogens is 422 g/mol. The SMILES string of the molecule is Cc1ccc(S(=O)(=O)Nc2ccc(C(=O)Nc3ccc(F)cc3F)c(Cl)c2)cc1. The molecule has 0 saturated carbocycles. The van der Waals surface area contributed by atoms with Gasteiger partial charge in [0.05, 0.1) is 26.9 Å². The lowest BCUT2D eigenvalue weighted by atomic mass is 10.2. The monoisotopic (exact) mass is 436 g/mol. The maximum atomic E-state index is 13.7. The first-order valence-corrected chi connectivity index (χ1v) is 10.2. The Bertz CT molecular complexity index is 1180. The zero-order valence-corrected chi connectivity index (χ0v) is 16.6. The number of carbonyl (C=O) groups excluding carboxylic acids is 1. The zero-order chi connectivity index (χ0) is 21.2. The van der Waals surface area contributed by atoms with Crippen LogP contribution in [0.2, 0.25) is 5.02 Å². The molecule has 0 aliphatic rings. The molecule has 0 heterocycles. The normalized spacial score (nSPS) is 11.2. The van der Waals surface area contributed by atoms with Gasteiger partial charge in [-0.2, -0.15) is 0 Å². The van der Waals surface area contributed by atoms with Crippen LogP contribution >= 0.6 is 11.6 Å². The van der Waals surface area contributed by atoms with Gasteiger partial charge in [-0.05, 0) is 49.4 Å². The Labute approximate surface area is 171 Å². The average molecular weight is 437 g/mol. The fourth-order valence-corrected chi connectivity index (χ4v) is 3.79. The summed E-state index contributed by atoms with van der Waals surface area (Å²) in [6.07, 6.45) is 0. The van der Waals surface area contributed by atoms with Crippen molar-refractivity contribution in [2.24, 2.45) is 0 Å². The van der Waals surface area contributed by atoms with E-state index < -0.39 is 27.6 Å². The second kappa shape index (κ2) is 8.18. The van der Waals surface area contributed by atoms with Crippen molar-refractivity contribution in [3.05, 3.63) is 88.4 Å². The molecule has 0 radical (unpaired) electrons. The number of anilines is 2. The summed E-state index contributed by atoms with van der Waals surface area (Å²) < 4.78 is 53.9. The molecule has 0 aromatic heterocycles. The summed E-state index contributed by atoms with van der Waals surface area (Å²) >= 11 is 6.10. The molecule has 0 fully saturated rings. The molecule has 0 spiro atoms. The summed E-state index contributed by atoms with van der Waals surface area (Å²) in [5.74, 6) is -2.44. The van der Waals surface area contributed by atoms with Crippen LogP contribution in [0.4, 0.5) is 20.2 Å². The van der Waals surface area contributed by atoms with Crippen LogP contribution in [-0.2, 0) is 10.0 Å². The van der Waals surface area contributed by atoms with Crippen LogP contribution in [0.25, 0.3) is 0 Å². The highest BCUT2D eigenvalue weighted by Gasteiger charge is 2.17. The Morgan fingerprint density at radius 2 is 1.66 bits per heavy atom. The molecule has 150 valence electrons. The Balaban J connectivity index is 1.79. The summed E-state index contributed by atoms with van der Waals surface area (Å²) in [7, 11) is -3.83. The van der Waals surface area contributed by atoms with Crippen molar-refractivity contribution in [3.63, 3.8) is 0 Å². The highest BCUT2D eigenvalue weighted by atomic mass is 35.5.